The van der Waals surface area contributed by atoms with Gasteiger partial charge in [-0.2, -0.15) is 0 Å². The number of amides is 1. The highest BCUT2D eigenvalue weighted by Crippen LogP contribution is 2.28. The highest BCUT2D eigenvalue weighted by Gasteiger charge is 2.27. The molecule has 4 rings (SSSR count). The van der Waals surface area contributed by atoms with E-state index in [1.165, 1.54) is 10.9 Å². The number of aryl methyl sites for hydroxylation is 1. The van der Waals surface area contributed by atoms with Gasteiger partial charge < -0.3 is 10.6 Å². The average molecular weight is 466 g/mol. The number of para-hydroxylation sites is 1. The third-order valence-corrected chi connectivity index (χ3v) is 6.63. The van der Waals surface area contributed by atoms with E-state index < -0.39 is 0 Å². The molecule has 1 atom stereocenters. The molecule has 1 heterocycles. The number of anilines is 1. The Morgan fingerprint density at radius 1 is 1.07 bits per heavy atom. The van der Waals surface area contributed by atoms with Gasteiger partial charge in [-0.15, -0.1) is 0 Å². The number of carbonyl (C=O) groups is 1. The van der Waals surface area contributed by atoms with Gasteiger partial charge in [0.25, 0.3) is 0 Å². The van der Waals surface area contributed by atoms with Gasteiger partial charge >= 0.3 is 0 Å². The Labute approximate surface area is 186 Å². The zero-order chi connectivity index (χ0) is 21.1. The minimum absolute atomic E-state index is 0.0197. The molecular formula is C25H28BrN3O. The number of halogens is 1. The number of hydrogen-bond acceptors (Lipinski definition) is 3. The predicted molar refractivity (Wildman–Crippen MR) is 127 cm³/mol. The van der Waals surface area contributed by atoms with Gasteiger partial charge in [0.1, 0.15) is 5.82 Å². The van der Waals surface area contributed by atoms with Crippen LogP contribution in [-0.4, -0.2) is 16.9 Å². The van der Waals surface area contributed by atoms with E-state index in [4.69, 9.17) is 4.98 Å². The molecule has 0 radical (unpaired) electrons. The van der Waals surface area contributed by atoms with Gasteiger partial charge in [0.15, 0.2) is 0 Å². The van der Waals surface area contributed by atoms with Crippen LogP contribution in [0.5, 0.6) is 0 Å². The van der Waals surface area contributed by atoms with E-state index in [2.05, 4.69) is 63.8 Å². The van der Waals surface area contributed by atoms with Crippen molar-refractivity contribution in [2.75, 3.05) is 5.32 Å². The normalized spacial score (nSPS) is 20.0. The third kappa shape index (κ3) is 4.84. The summed E-state index contributed by atoms with van der Waals surface area (Å²) in [4.78, 5) is 17.5. The standard InChI is InChI=1S/C25H28BrN3O/c1-16-15-24(29-23-6-4-3-5-22(16)23)28-21-13-9-19(10-14-21)25(30)27-17(2)18-7-11-20(26)12-8-18/h3-8,11-12,15,17,19,21H,9-10,13-14H2,1-2H3,(H,27,30)(H,28,29)/t17-,19-,21+/m0/s1. The topological polar surface area (TPSA) is 54.0 Å². The molecule has 0 saturated heterocycles. The summed E-state index contributed by atoms with van der Waals surface area (Å²) in [6.07, 6.45) is 3.78. The molecule has 1 aromatic heterocycles. The number of pyridine rings is 1. The fourth-order valence-corrected chi connectivity index (χ4v) is 4.56. The Morgan fingerprint density at radius 2 is 1.77 bits per heavy atom. The number of rotatable bonds is 5. The molecule has 1 saturated carbocycles. The van der Waals surface area contributed by atoms with Crippen molar-refractivity contribution in [2.24, 2.45) is 5.92 Å². The van der Waals surface area contributed by atoms with E-state index in [1.54, 1.807) is 0 Å². The van der Waals surface area contributed by atoms with Crippen LogP contribution in [0.2, 0.25) is 0 Å². The molecule has 1 amide bonds. The SMILES string of the molecule is Cc1cc(N[C@H]2CC[C@@H](C(=O)N[C@@H](C)c3ccc(Br)cc3)CC2)nc2ccccc12. The lowest BCUT2D eigenvalue weighted by atomic mass is 9.85. The van der Waals surface area contributed by atoms with Crippen molar-refractivity contribution >= 4 is 38.6 Å². The van der Waals surface area contributed by atoms with Crippen LogP contribution in [0.3, 0.4) is 0 Å². The first kappa shape index (κ1) is 20.9. The van der Waals surface area contributed by atoms with Gasteiger partial charge in [0.2, 0.25) is 5.91 Å². The fraction of sp³-hybridized carbons (Fsp3) is 0.360. The zero-order valence-electron chi connectivity index (χ0n) is 17.5. The van der Waals surface area contributed by atoms with Gasteiger partial charge in [-0.3, -0.25) is 4.79 Å². The lowest BCUT2D eigenvalue weighted by molar-refractivity contribution is -0.126. The second kappa shape index (κ2) is 9.17. The molecule has 0 unspecified atom stereocenters. The monoisotopic (exact) mass is 465 g/mol. The van der Waals surface area contributed by atoms with Crippen molar-refractivity contribution in [3.05, 3.63) is 70.2 Å². The summed E-state index contributed by atoms with van der Waals surface area (Å²) in [6, 6.07) is 18.9. The molecule has 2 aromatic carbocycles. The number of hydrogen-bond donors (Lipinski definition) is 2. The Bertz CT molecular complexity index is 1030. The van der Waals surface area contributed by atoms with Crippen LogP contribution in [0.15, 0.2) is 59.1 Å². The highest BCUT2D eigenvalue weighted by molar-refractivity contribution is 9.10. The van der Waals surface area contributed by atoms with Crippen LogP contribution >= 0.6 is 15.9 Å². The van der Waals surface area contributed by atoms with Gasteiger partial charge in [-0.1, -0.05) is 46.3 Å². The van der Waals surface area contributed by atoms with Gasteiger partial charge in [-0.25, -0.2) is 4.98 Å². The number of nitrogens with zero attached hydrogens (tertiary/aromatic N) is 1. The first-order valence-electron chi connectivity index (χ1n) is 10.7. The van der Waals surface area contributed by atoms with Crippen LogP contribution in [0.4, 0.5) is 5.82 Å². The molecule has 1 aliphatic carbocycles. The van der Waals surface area contributed by atoms with Crippen molar-refractivity contribution in [2.45, 2.75) is 51.6 Å². The summed E-state index contributed by atoms with van der Waals surface area (Å²) in [5.41, 5.74) is 3.38. The van der Waals surface area contributed by atoms with E-state index in [-0.39, 0.29) is 17.9 Å². The van der Waals surface area contributed by atoms with E-state index in [0.717, 1.165) is 47.1 Å². The number of carbonyl (C=O) groups excluding carboxylic acids is 1. The molecule has 2 N–H and O–H groups in total. The quantitative estimate of drug-likeness (QED) is 0.474. The lowest BCUT2D eigenvalue weighted by Crippen LogP contribution is -2.37. The lowest BCUT2D eigenvalue weighted by Gasteiger charge is -2.29. The van der Waals surface area contributed by atoms with Gasteiger partial charge in [-0.05, 0) is 74.9 Å². The molecule has 0 aliphatic heterocycles. The van der Waals surface area contributed by atoms with Crippen molar-refractivity contribution in [3.63, 3.8) is 0 Å². The summed E-state index contributed by atoms with van der Waals surface area (Å²) in [5, 5.41) is 7.99. The number of benzene rings is 2. The average Bonchev–Trinajstić information content (AvgIpc) is 2.74. The van der Waals surface area contributed by atoms with Gasteiger partial charge in [0.05, 0.1) is 11.6 Å². The number of nitrogens with one attached hydrogen (secondary N) is 2. The van der Waals surface area contributed by atoms with Crippen LogP contribution in [-0.2, 0) is 4.79 Å². The summed E-state index contributed by atoms with van der Waals surface area (Å²) >= 11 is 3.46. The molecule has 1 aliphatic rings. The van der Waals surface area contributed by atoms with Crippen LogP contribution in [0, 0.1) is 12.8 Å². The van der Waals surface area contributed by atoms with Crippen molar-refractivity contribution < 1.29 is 4.79 Å². The minimum Gasteiger partial charge on any atom is -0.367 e. The maximum Gasteiger partial charge on any atom is 0.223 e. The fourth-order valence-electron chi connectivity index (χ4n) is 4.30. The van der Waals surface area contributed by atoms with Crippen molar-refractivity contribution in [3.8, 4) is 0 Å². The first-order chi connectivity index (χ1) is 14.5. The Hall–Kier alpha value is -2.40. The summed E-state index contributed by atoms with van der Waals surface area (Å²) in [7, 11) is 0. The maximum absolute atomic E-state index is 12.8. The largest absolute Gasteiger partial charge is 0.367 e. The second-order valence-corrected chi connectivity index (χ2v) is 9.23. The van der Waals surface area contributed by atoms with Crippen LogP contribution in [0.1, 0.15) is 49.8 Å². The molecule has 3 aromatic rings. The first-order valence-corrected chi connectivity index (χ1v) is 11.5. The molecule has 0 spiro atoms. The molecule has 4 nitrogen and oxygen atoms in total. The Morgan fingerprint density at radius 3 is 2.50 bits per heavy atom. The van der Waals surface area contributed by atoms with Crippen molar-refractivity contribution in [1.82, 2.24) is 10.3 Å². The van der Waals surface area contributed by atoms with E-state index in [9.17, 15) is 4.79 Å². The molecule has 5 heteroatoms. The molecule has 1 fully saturated rings. The Balaban J connectivity index is 1.31. The molecular weight excluding hydrogens is 438 g/mol. The smallest absolute Gasteiger partial charge is 0.223 e. The minimum atomic E-state index is 0.0197. The summed E-state index contributed by atoms with van der Waals surface area (Å²) in [5.74, 6) is 1.19. The zero-order valence-corrected chi connectivity index (χ0v) is 19.1. The summed E-state index contributed by atoms with van der Waals surface area (Å²) in [6.45, 7) is 4.17. The summed E-state index contributed by atoms with van der Waals surface area (Å²) < 4.78 is 1.05. The van der Waals surface area contributed by atoms with Crippen molar-refractivity contribution in [1.29, 1.82) is 0 Å². The highest BCUT2D eigenvalue weighted by atomic mass is 79.9. The second-order valence-electron chi connectivity index (χ2n) is 8.32. The third-order valence-electron chi connectivity index (χ3n) is 6.10. The molecule has 156 valence electrons. The molecule has 30 heavy (non-hydrogen) atoms. The number of fused-ring (bicyclic) bond motifs is 1. The maximum atomic E-state index is 12.8. The predicted octanol–water partition coefficient (Wildman–Crippen LogP) is 6.15. The van der Waals surface area contributed by atoms with E-state index in [0.29, 0.717) is 6.04 Å². The van der Waals surface area contributed by atoms with Gasteiger partial charge in [0, 0.05) is 21.8 Å². The van der Waals surface area contributed by atoms with E-state index in [1.807, 2.05) is 31.2 Å². The molecule has 0 bridgehead atoms. The van der Waals surface area contributed by atoms with E-state index >= 15 is 0 Å². The van der Waals surface area contributed by atoms with Crippen LogP contribution in [0.25, 0.3) is 10.9 Å². The number of aromatic nitrogens is 1. The van der Waals surface area contributed by atoms with Crippen LogP contribution < -0.4 is 10.6 Å². The Kier molecular flexibility index (Phi) is 6.38.